The standard InChI is InChI=1S/C24H25F2N3O3/c1-13(2)32-20-16(27-22(30)15-7-5-6-14(3)18(15)25)8-29-9-17(28-21(29)19(20)26)24-10-23(4,11-24)31-12-24/h5-9,13H,10-12H2,1-4H3,(H,27,30). The monoisotopic (exact) mass is 441 g/mol. The number of halogens is 2. The van der Waals surface area contributed by atoms with Crippen LogP contribution in [0.1, 0.15) is 55.2 Å². The zero-order valence-electron chi connectivity index (χ0n) is 18.5. The van der Waals surface area contributed by atoms with Gasteiger partial charge in [-0.05, 0) is 52.2 Å². The molecule has 6 nitrogen and oxygen atoms in total. The van der Waals surface area contributed by atoms with E-state index in [-0.39, 0.29) is 39.8 Å². The average molecular weight is 441 g/mol. The minimum absolute atomic E-state index is 0.108. The highest BCUT2D eigenvalue weighted by molar-refractivity contribution is 6.05. The third-order valence-corrected chi connectivity index (χ3v) is 6.34. The van der Waals surface area contributed by atoms with Crippen molar-refractivity contribution >= 4 is 17.2 Å². The molecule has 3 aliphatic rings. The molecular formula is C24H25F2N3O3. The van der Waals surface area contributed by atoms with Crippen LogP contribution in [0.3, 0.4) is 0 Å². The van der Waals surface area contributed by atoms with Gasteiger partial charge in [-0.2, -0.15) is 4.39 Å². The van der Waals surface area contributed by atoms with Gasteiger partial charge in [0.05, 0.1) is 29.6 Å². The summed E-state index contributed by atoms with van der Waals surface area (Å²) < 4.78 is 43.1. The van der Waals surface area contributed by atoms with Gasteiger partial charge in [0.1, 0.15) is 11.5 Å². The van der Waals surface area contributed by atoms with Gasteiger partial charge >= 0.3 is 0 Å². The Bertz CT molecular complexity index is 1250. The van der Waals surface area contributed by atoms with Gasteiger partial charge in [-0.3, -0.25) is 4.79 Å². The number of aryl methyl sites for hydroxylation is 1. The van der Waals surface area contributed by atoms with Gasteiger partial charge in [0.15, 0.2) is 11.4 Å². The molecule has 0 spiro atoms. The van der Waals surface area contributed by atoms with E-state index >= 15 is 4.39 Å². The SMILES string of the molecule is Cc1cccc(C(=O)Nc2cn3cc(C45COC(C)(C4)C5)nc3c(F)c2OC(C)C)c1F. The summed E-state index contributed by atoms with van der Waals surface area (Å²) in [5.41, 5.74) is 0.876. The van der Waals surface area contributed by atoms with Crippen molar-refractivity contribution in [2.45, 2.75) is 57.7 Å². The maximum atomic E-state index is 15.5. The summed E-state index contributed by atoms with van der Waals surface area (Å²) in [4.78, 5) is 17.4. The van der Waals surface area contributed by atoms with E-state index in [0.717, 1.165) is 18.5 Å². The Morgan fingerprint density at radius 2 is 2.00 bits per heavy atom. The Morgan fingerprint density at radius 3 is 2.66 bits per heavy atom. The van der Waals surface area contributed by atoms with Crippen LogP contribution in [0.25, 0.3) is 5.65 Å². The molecule has 3 fully saturated rings. The molecular weight excluding hydrogens is 416 g/mol. The van der Waals surface area contributed by atoms with E-state index in [2.05, 4.69) is 17.2 Å². The molecule has 0 unspecified atom stereocenters. The first kappa shape index (κ1) is 20.9. The van der Waals surface area contributed by atoms with Gasteiger partial charge in [-0.25, -0.2) is 9.37 Å². The van der Waals surface area contributed by atoms with Crippen molar-refractivity contribution in [3.05, 3.63) is 59.0 Å². The number of amides is 1. The van der Waals surface area contributed by atoms with Crippen LogP contribution in [0, 0.1) is 18.6 Å². The molecule has 1 aromatic carbocycles. The van der Waals surface area contributed by atoms with Crippen LogP contribution in [-0.4, -0.2) is 33.6 Å². The van der Waals surface area contributed by atoms with Crippen molar-refractivity contribution < 1.29 is 23.0 Å². The fourth-order valence-electron chi connectivity index (χ4n) is 4.93. The van der Waals surface area contributed by atoms with Gasteiger partial charge < -0.3 is 19.2 Å². The van der Waals surface area contributed by atoms with Crippen molar-refractivity contribution in [2.24, 2.45) is 0 Å². The van der Waals surface area contributed by atoms with Gasteiger partial charge in [-0.15, -0.1) is 0 Å². The maximum absolute atomic E-state index is 15.5. The summed E-state index contributed by atoms with van der Waals surface area (Å²) in [6, 6.07) is 4.56. The predicted octanol–water partition coefficient (Wildman–Crippen LogP) is 4.78. The van der Waals surface area contributed by atoms with E-state index in [9.17, 15) is 9.18 Å². The first-order valence-electron chi connectivity index (χ1n) is 10.7. The summed E-state index contributed by atoms with van der Waals surface area (Å²) >= 11 is 0. The van der Waals surface area contributed by atoms with Gasteiger partial charge in [0.2, 0.25) is 5.82 Å². The molecule has 2 saturated heterocycles. The van der Waals surface area contributed by atoms with E-state index in [1.165, 1.54) is 6.07 Å². The number of ether oxygens (including phenoxy) is 2. The first-order chi connectivity index (χ1) is 15.1. The summed E-state index contributed by atoms with van der Waals surface area (Å²) in [5.74, 6) is -2.10. The Balaban J connectivity index is 1.56. The van der Waals surface area contributed by atoms with E-state index in [1.54, 1.807) is 49.7 Å². The quantitative estimate of drug-likeness (QED) is 0.619. The number of rotatable bonds is 5. The molecule has 1 saturated carbocycles. The number of fused-ring (bicyclic) bond motifs is 2. The van der Waals surface area contributed by atoms with Crippen LogP contribution in [0.2, 0.25) is 0 Å². The van der Waals surface area contributed by atoms with Crippen molar-refractivity contribution in [1.82, 2.24) is 9.38 Å². The van der Waals surface area contributed by atoms with Crippen LogP contribution in [0.5, 0.6) is 5.75 Å². The number of hydrogen-bond acceptors (Lipinski definition) is 4. The number of pyridine rings is 1. The molecule has 168 valence electrons. The molecule has 1 amide bonds. The summed E-state index contributed by atoms with van der Waals surface area (Å²) in [5, 5.41) is 2.62. The van der Waals surface area contributed by atoms with Gasteiger partial charge in [0.25, 0.3) is 5.91 Å². The van der Waals surface area contributed by atoms with Crippen molar-refractivity contribution in [2.75, 3.05) is 11.9 Å². The van der Waals surface area contributed by atoms with Crippen molar-refractivity contribution in [1.29, 1.82) is 0 Å². The molecule has 4 heterocycles. The topological polar surface area (TPSA) is 64.9 Å². The highest BCUT2D eigenvalue weighted by Gasteiger charge is 2.61. The van der Waals surface area contributed by atoms with Crippen LogP contribution in [-0.2, 0) is 10.2 Å². The largest absolute Gasteiger partial charge is 0.486 e. The highest BCUT2D eigenvalue weighted by Crippen LogP contribution is 2.58. The summed E-state index contributed by atoms with van der Waals surface area (Å²) in [7, 11) is 0. The highest BCUT2D eigenvalue weighted by atomic mass is 19.1. The van der Waals surface area contributed by atoms with E-state index in [4.69, 9.17) is 9.47 Å². The fourth-order valence-corrected chi connectivity index (χ4v) is 4.93. The first-order valence-corrected chi connectivity index (χ1v) is 10.7. The number of nitrogens with one attached hydrogen (secondary N) is 1. The molecule has 2 aliphatic heterocycles. The molecule has 8 heteroatoms. The molecule has 1 N–H and O–H groups in total. The van der Waals surface area contributed by atoms with E-state index in [1.807, 2.05) is 0 Å². The fraction of sp³-hybridized carbons (Fsp3) is 0.417. The Kier molecular flexibility index (Phi) is 4.57. The molecule has 0 atom stereocenters. The van der Waals surface area contributed by atoms with Gasteiger partial charge in [-0.1, -0.05) is 12.1 Å². The number of imidazole rings is 1. The van der Waals surface area contributed by atoms with Crippen LogP contribution >= 0.6 is 0 Å². The lowest BCUT2D eigenvalue weighted by atomic mass is 9.62. The summed E-state index contributed by atoms with van der Waals surface area (Å²) in [6.07, 6.45) is 4.67. The lowest BCUT2D eigenvalue weighted by Gasteiger charge is -2.41. The minimum atomic E-state index is -0.684. The normalized spacial score (nSPS) is 24.1. The van der Waals surface area contributed by atoms with Crippen LogP contribution in [0.4, 0.5) is 14.5 Å². The number of carbonyl (C=O) groups excluding carboxylic acids is 1. The zero-order valence-corrected chi connectivity index (χ0v) is 18.5. The lowest BCUT2D eigenvalue weighted by Crippen LogP contribution is -2.45. The van der Waals surface area contributed by atoms with Crippen molar-refractivity contribution in [3.63, 3.8) is 0 Å². The van der Waals surface area contributed by atoms with E-state index in [0.29, 0.717) is 12.2 Å². The second-order valence-corrected chi connectivity index (χ2v) is 9.47. The Labute approximate surface area is 184 Å². The zero-order chi connectivity index (χ0) is 22.8. The number of hydrogen-bond donors (Lipinski definition) is 1. The molecule has 2 bridgehead atoms. The maximum Gasteiger partial charge on any atom is 0.258 e. The van der Waals surface area contributed by atoms with E-state index < -0.39 is 17.5 Å². The number of aromatic nitrogens is 2. The minimum Gasteiger partial charge on any atom is -0.486 e. The van der Waals surface area contributed by atoms with Crippen molar-refractivity contribution in [3.8, 4) is 5.75 Å². The number of carbonyl (C=O) groups is 1. The third kappa shape index (κ3) is 3.16. The van der Waals surface area contributed by atoms with Crippen LogP contribution in [0.15, 0.2) is 30.6 Å². The Hall–Kier alpha value is -3.00. The average Bonchev–Trinajstić information content (AvgIpc) is 3.38. The Morgan fingerprint density at radius 1 is 1.25 bits per heavy atom. The second kappa shape index (κ2) is 7.00. The molecule has 6 rings (SSSR count). The molecule has 0 radical (unpaired) electrons. The molecule has 32 heavy (non-hydrogen) atoms. The molecule has 2 aromatic heterocycles. The third-order valence-electron chi connectivity index (χ3n) is 6.34. The number of nitrogens with zero attached hydrogens (tertiary/aromatic N) is 2. The number of anilines is 1. The second-order valence-electron chi connectivity index (χ2n) is 9.47. The lowest BCUT2D eigenvalue weighted by molar-refractivity contribution is 0.0154. The molecule has 1 aliphatic carbocycles. The van der Waals surface area contributed by atoms with Gasteiger partial charge in [0, 0.05) is 17.8 Å². The molecule has 3 aromatic rings. The van der Waals surface area contributed by atoms with Crippen LogP contribution < -0.4 is 10.1 Å². The predicted molar refractivity (Wildman–Crippen MR) is 115 cm³/mol. The number of benzene rings is 1. The summed E-state index contributed by atoms with van der Waals surface area (Å²) in [6.45, 7) is 7.73. The smallest absolute Gasteiger partial charge is 0.258 e.